The Morgan fingerprint density at radius 3 is 2.57 bits per heavy atom. The Hall–Kier alpha value is -0.120. The Kier molecular flexibility index (Phi) is 5.45. The van der Waals surface area contributed by atoms with Gasteiger partial charge >= 0.3 is 0 Å². The summed E-state index contributed by atoms with van der Waals surface area (Å²) in [6.07, 6.45) is 3.57. The molecule has 1 aliphatic heterocycles. The summed E-state index contributed by atoms with van der Waals surface area (Å²) in [4.78, 5) is 4.76. The second-order valence-electron chi connectivity index (χ2n) is 4.59. The first-order chi connectivity index (χ1) is 6.72. The Balaban J connectivity index is 2.10. The van der Waals surface area contributed by atoms with Gasteiger partial charge in [0, 0.05) is 19.7 Å². The summed E-state index contributed by atoms with van der Waals surface area (Å²) in [5, 5.41) is 8.72. The Bertz CT molecular complexity index is 144. The third kappa shape index (κ3) is 4.40. The van der Waals surface area contributed by atoms with E-state index in [1.54, 1.807) is 0 Å². The molecule has 0 aromatic carbocycles. The quantitative estimate of drug-likeness (QED) is 0.705. The molecule has 0 aliphatic carbocycles. The van der Waals surface area contributed by atoms with E-state index in [-0.39, 0.29) is 0 Å². The Morgan fingerprint density at radius 2 is 2.00 bits per heavy atom. The van der Waals surface area contributed by atoms with E-state index in [4.69, 9.17) is 5.11 Å². The highest BCUT2D eigenvalue weighted by atomic mass is 16.3. The fraction of sp³-hybridized carbons (Fsp3) is 1.00. The van der Waals surface area contributed by atoms with Gasteiger partial charge in [0.05, 0.1) is 0 Å². The van der Waals surface area contributed by atoms with E-state index in [1.165, 1.54) is 32.5 Å². The van der Waals surface area contributed by atoms with E-state index < -0.39 is 0 Å². The normalized spacial score (nSPS) is 20.6. The van der Waals surface area contributed by atoms with E-state index in [9.17, 15) is 0 Å². The number of likely N-dealkylation sites (tertiary alicyclic amines) is 1. The van der Waals surface area contributed by atoms with Crippen LogP contribution in [-0.2, 0) is 0 Å². The van der Waals surface area contributed by atoms with Crippen molar-refractivity contribution in [3.05, 3.63) is 0 Å². The van der Waals surface area contributed by atoms with Gasteiger partial charge in [0.15, 0.2) is 0 Å². The van der Waals surface area contributed by atoms with Crippen LogP contribution in [0.25, 0.3) is 0 Å². The average Bonchev–Trinajstić information content (AvgIpc) is 2.18. The zero-order valence-corrected chi connectivity index (χ0v) is 9.58. The molecule has 1 rings (SSSR count). The van der Waals surface area contributed by atoms with E-state index in [1.807, 2.05) is 0 Å². The van der Waals surface area contributed by atoms with Crippen LogP contribution >= 0.6 is 0 Å². The second kappa shape index (κ2) is 6.38. The van der Waals surface area contributed by atoms with E-state index in [2.05, 4.69) is 23.9 Å². The van der Waals surface area contributed by atoms with Crippen molar-refractivity contribution in [1.29, 1.82) is 0 Å². The molecular formula is C11H24N2O. The monoisotopic (exact) mass is 200 g/mol. The first kappa shape index (κ1) is 12.0. The van der Waals surface area contributed by atoms with Gasteiger partial charge < -0.3 is 14.9 Å². The summed E-state index contributed by atoms with van der Waals surface area (Å²) in [6.45, 7) is 5.05. The van der Waals surface area contributed by atoms with Crippen LogP contribution < -0.4 is 0 Å². The van der Waals surface area contributed by atoms with Gasteiger partial charge in [-0.1, -0.05) is 0 Å². The largest absolute Gasteiger partial charge is 0.396 e. The molecule has 0 amide bonds. The summed E-state index contributed by atoms with van der Waals surface area (Å²) in [5.41, 5.74) is 0. The number of rotatable bonds is 5. The van der Waals surface area contributed by atoms with Crippen LogP contribution in [0.5, 0.6) is 0 Å². The molecule has 1 heterocycles. The maximum atomic E-state index is 8.72. The molecule has 0 unspecified atom stereocenters. The van der Waals surface area contributed by atoms with Crippen LogP contribution in [0.2, 0.25) is 0 Å². The predicted molar refractivity (Wildman–Crippen MR) is 59.4 cm³/mol. The fourth-order valence-electron chi connectivity index (χ4n) is 2.12. The van der Waals surface area contributed by atoms with Gasteiger partial charge in [-0.3, -0.25) is 0 Å². The van der Waals surface area contributed by atoms with Gasteiger partial charge in [0.2, 0.25) is 0 Å². The lowest BCUT2D eigenvalue weighted by atomic mass is 9.97. The molecule has 3 heteroatoms. The van der Waals surface area contributed by atoms with Crippen molar-refractivity contribution in [2.75, 3.05) is 46.9 Å². The van der Waals surface area contributed by atoms with Gasteiger partial charge in [-0.15, -0.1) is 0 Å². The molecule has 1 saturated heterocycles. The fourth-order valence-corrected chi connectivity index (χ4v) is 2.12. The van der Waals surface area contributed by atoms with Gasteiger partial charge in [0.1, 0.15) is 0 Å². The van der Waals surface area contributed by atoms with E-state index >= 15 is 0 Å². The third-order valence-corrected chi connectivity index (χ3v) is 3.11. The molecule has 0 spiro atoms. The molecule has 1 aliphatic rings. The molecule has 1 N–H and O–H groups in total. The standard InChI is InChI=1S/C11H24N2O/c1-12-7-4-11(5-8-12)10-13(2)6-3-9-14/h11,14H,3-10H2,1-2H3. The lowest BCUT2D eigenvalue weighted by Gasteiger charge is -2.31. The molecule has 0 aromatic heterocycles. The van der Waals surface area contributed by atoms with E-state index in [0.29, 0.717) is 6.61 Å². The van der Waals surface area contributed by atoms with Crippen molar-refractivity contribution in [3.63, 3.8) is 0 Å². The molecule has 0 bridgehead atoms. The SMILES string of the molecule is CN1CCC(CN(C)CCCO)CC1. The molecule has 0 saturated carbocycles. The highest BCUT2D eigenvalue weighted by molar-refractivity contribution is 4.72. The first-order valence-electron chi connectivity index (χ1n) is 5.70. The number of hydrogen-bond donors (Lipinski definition) is 1. The maximum Gasteiger partial charge on any atom is 0.0443 e. The van der Waals surface area contributed by atoms with Crippen LogP contribution in [0.1, 0.15) is 19.3 Å². The van der Waals surface area contributed by atoms with Crippen molar-refractivity contribution < 1.29 is 5.11 Å². The number of aliphatic hydroxyl groups excluding tert-OH is 1. The Morgan fingerprint density at radius 1 is 1.36 bits per heavy atom. The van der Waals surface area contributed by atoms with Gasteiger partial charge in [-0.2, -0.15) is 0 Å². The van der Waals surface area contributed by atoms with Crippen LogP contribution in [0.3, 0.4) is 0 Å². The number of nitrogens with zero attached hydrogens (tertiary/aromatic N) is 2. The topological polar surface area (TPSA) is 26.7 Å². The molecule has 1 fully saturated rings. The maximum absolute atomic E-state index is 8.72. The Labute approximate surface area is 87.7 Å². The van der Waals surface area contributed by atoms with Crippen molar-refractivity contribution in [3.8, 4) is 0 Å². The third-order valence-electron chi connectivity index (χ3n) is 3.11. The zero-order chi connectivity index (χ0) is 10.4. The van der Waals surface area contributed by atoms with E-state index in [0.717, 1.165) is 18.9 Å². The summed E-state index contributed by atoms with van der Waals surface area (Å²) in [6, 6.07) is 0. The molecular weight excluding hydrogens is 176 g/mol. The van der Waals surface area contributed by atoms with Gasteiger partial charge in [-0.05, 0) is 52.4 Å². The van der Waals surface area contributed by atoms with Gasteiger partial charge in [-0.25, -0.2) is 0 Å². The smallest absolute Gasteiger partial charge is 0.0443 e. The minimum absolute atomic E-state index is 0.317. The summed E-state index contributed by atoms with van der Waals surface area (Å²) >= 11 is 0. The minimum atomic E-state index is 0.317. The number of hydrogen-bond acceptors (Lipinski definition) is 3. The average molecular weight is 200 g/mol. The molecule has 0 atom stereocenters. The summed E-state index contributed by atoms with van der Waals surface area (Å²) < 4.78 is 0. The van der Waals surface area contributed by atoms with Gasteiger partial charge in [0.25, 0.3) is 0 Å². The van der Waals surface area contributed by atoms with Crippen molar-refractivity contribution >= 4 is 0 Å². The van der Waals surface area contributed by atoms with Crippen molar-refractivity contribution in [2.24, 2.45) is 5.92 Å². The highest BCUT2D eigenvalue weighted by Crippen LogP contribution is 2.16. The predicted octanol–water partition coefficient (Wildman–Crippen LogP) is 0.642. The zero-order valence-electron chi connectivity index (χ0n) is 9.58. The van der Waals surface area contributed by atoms with Crippen LogP contribution in [-0.4, -0.2) is 61.8 Å². The second-order valence-corrected chi connectivity index (χ2v) is 4.59. The molecule has 0 aromatic rings. The van der Waals surface area contributed by atoms with Crippen LogP contribution in [0.15, 0.2) is 0 Å². The lowest BCUT2D eigenvalue weighted by molar-refractivity contribution is 0.169. The summed E-state index contributed by atoms with van der Waals surface area (Å²) in [5.74, 6) is 0.870. The highest BCUT2D eigenvalue weighted by Gasteiger charge is 2.17. The molecule has 0 radical (unpaired) electrons. The molecule has 14 heavy (non-hydrogen) atoms. The number of aliphatic hydroxyl groups is 1. The minimum Gasteiger partial charge on any atom is -0.396 e. The molecule has 3 nitrogen and oxygen atoms in total. The number of piperidine rings is 1. The lowest BCUT2D eigenvalue weighted by Crippen LogP contribution is -2.36. The first-order valence-corrected chi connectivity index (χ1v) is 5.70. The van der Waals surface area contributed by atoms with Crippen LogP contribution in [0.4, 0.5) is 0 Å². The summed E-state index contributed by atoms with van der Waals surface area (Å²) in [7, 11) is 4.36. The van der Waals surface area contributed by atoms with Crippen LogP contribution in [0, 0.1) is 5.92 Å². The van der Waals surface area contributed by atoms with Crippen molar-refractivity contribution in [2.45, 2.75) is 19.3 Å². The van der Waals surface area contributed by atoms with Crippen molar-refractivity contribution in [1.82, 2.24) is 9.80 Å². The molecule has 84 valence electrons.